The highest BCUT2D eigenvalue weighted by Gasteiger charge is 2.48. The first-order valence-corrected chi connectivity index (χ1v) is 9.84. The van der Waals surface area contributed by atoms with Gasteiger partial charge in [-0.3, -0.25) is 9.69 Å². The van der Waals surface area contributed by atoms with Crippen LogP contribution in [-0.2, 0) is 9.53 Å². The maximum Gasteiger partial charge on any atom is 0.226 e. The minimum absolute atomic E-state index is 0.211. The number of hydrogen-bond donors (Lipinski definition) is 0. The smallest absolute Gasteiger partial charge is 0.226 e. The molecule has 0 aromatic heterocycles. The molecule has 1 aromatic rings. The summed E-state index contributed by atoms with van der Waals surface area (Å²) in [7, 11) is 0. The van der Waals surface area contributed by atoms with Crippen molar-refractivity contribution in [2.24, 2.45) is 11.8 Å². The summed E-state index contributed by atoms with van der Waals surface area (Å²) in [5.41, 5.74) is 2.63. The van der Waals surface area contributed by atoms with E-state index in [0.29, 0.717) is 23.8 Å². The number of rotatable bonds is 4. The Labute approximate surface area is 151 Å². The molecule has 0 N–H and O–H groups in total. The van der Waals surface area contributed by atoms with Crippen LogP contribution in [0, 0.1) is 18.8 Å². The number of aryl methyl sites for hydroxylation is 1. The third-order valence-electron chi connectivity index (χ3n) is 6.34. The first-order chi connectivity index (χ1) is 12.2. The molecule has 0 unspecified atom stereocenters. The molecule has 4 heteroatoms. The molecule has 136 valence electrons. The highest BCUT2D eigenvalue weighted by molar-refractivity contribution is 5.83. The van der Waals surface area contributed by atoms with E-state index in [0.717, 1.165) is 52.2 Å². The summed E-state index contributed by atoms with van der Waals surface area (Å²) in [5.74, 6) is 1.65. The lowest BCUT2D eigenvalue weighted by atomic mass is 9.99. The molecule has 4 rings (SSSR count). The van der Waals surface area contributed by atoms with Crippen LogP contribution in [0.5, 0.6) is 0 Å². The molecular formula is C21H30N2O2. The maximum atomic E-state index is 13.0. The summed E-state index contributed by atoms with van der Waals surface area (Å²) in [6, 6.07) is 9.19. The van der Waals surface area contributed by atoms with Crippen LogP contribution < -0.4 is 0 Å². The summed E-state index contributed by atoms with van der Waals surface area (Å²) in [5, 5.41) is 0. The fourth-order valence-corrected chi connectivity index (χ4v) is 4.73. The third kappa shape index (κ3) is 3.47. The summed E-state index contributed by atoms with van der Waals surface area (Å²) in [4.78, 5) is 17.8. The van der Waals surface area contributed by atoms with E-state index in [9.17, 15) is 4.79 Å². The lowest BCUT2D eigenvalue weighted by molar-refractivity contribution is -0.132. The fourth-order valence-electron chi connectivity index (χ4n) is 4.73. The number of nitrogens with zero attached hydrogens (tertiary/aromatic N) is 2. The highest BCUT2D eigenvalue weighted by atomic mass is 16.5. The Morgan fingerprint density at radius 1 is 1.24 bits per heavy atom. The van der Waals surface area contributed by atoms with Crippen molar-refractivity contribution >= 4 is 5.91 Å². The van der Waals surface area contributed by atoms with E-state index in [1.807, 2.05) is 0 Å². The van der Waals surface area contributed by atoms with E-state index in [1.165, 1.54) is 11.1 Å². The Morgan fingerprint density at radius 2 is 2.04 bits per heavy atom. The fraction of sp³-hybridized carbons (Fsp3) is 0.667. The van der Waals surface area contributed by atoms with Crippen LogP contribution in [0.3, 0.4) is 0 Å². The zero-order valence-corrected chi connectivity index (χ0v) is 15.5. The SMILES string of the molecule is CC[C@@H]1CN(C(=O)[C@@H]2C[C@@H]2c2cccc(C)c2)C[C@@H]1N1CCOCC1. The number of carbonyl (C=O) groups excluding carboxylic acids is 1. The molecule has 4 atom stereocenters. The molecule has 0 spiro atoms. The molecule has 1 saturated carbocycles. The Hall–Kier alpha value is -1.39. The molecule has 4 nitrogen and oxygen atoms in total. The van der Waals surface area contributed by atoms with Gasteiger partial charge in [-0.2, -0.15) is 0 Å². The summed E-state index contributed by atoms with van der Waals surface area (Å²) in [6.45, 7) is 9.93. The van der Waals surface area contributed by atoms with Crippen molar-refractivity contribution in [2.45, 2.75) is 38.6 Å². The van der Waals surface area contributed by atoms with Crippen LogP contribution in [0.4, 0.5) is 0 Å². The van der Waals surface area contributed by atoms with Crippen LogP contribution in [-0.4, -0.2) is 61.1 Å². The Balaban J connectivity index is 1.40. The molecule has 3 aliphatic rings. The molecule has 1 amide bonds. The van der Waals surface area contributed by atoms with Crippen LogP contribution in [0.15, 0.2) is 24.3 Å². The largest absolute Gasteiger partial charge is 0.379 e. The van der Waals surface area contributed by atoms with E-state index < -0.39 is 0 Å². The van der Waals surface area contributed by atoms with Crippen LogP contribution in [0.2, 0.25) is 0 Å². The zero-order valence-electron chi connectivity index (χ0n) is 15.5. The van der Waals surface area contributed by atoms with Gasteiger partial charge in [-0.15, -0.1) is 0 Å². The molecule has 3 fully saturated rings. The van der Waals surface area contributed by atoms with Gasteiger partial charge < -0.3 is 9.64 Å². The van der Waals surface area contributed by atoms with Gasteiger partial charge in [-0.05, 0) is 30.7 Å². The van der Waals surface area contributed by atoms with Crippen molar-refractivity contribution < 1.29 is 9.53 Å². The van der Waals surface area contributed by atoms with E-state index in [1.54, 1.807) is 0 Å². The van der Waals surface area contributed by atoms with Gasteiger partial charge >= 0.3 is 0 Å². The van der Waals surface area contributed by atoms with Crippen LogP contribution in [0.25, 0.3) is 0 Å². The van der Waals surface area contributed by atoms with E-state index in [2.05, 4.69) is 47.9 Å². The molecule has 2 saturated heterocycles. The van der Waals surface area contributed by atoms with Crippen LogP contribution >= 0.6 is 0 Å². The minimum Gasteiger partial charge on any atom is -0.379 e. The van der Waals surface area contributed by atoms with Crippen LogP contribution in [0.1, 0.15) is 36.8 Å². The van der Waals surface area contributed by atoms with E-state index in [-0.39, 0.29) is 5.92 Å². The Morgan fingerprint density at radius 3 is 2.76 bits per heavy atom. The standard InChI is InChI=1S/C21H30N2O2/c1-3-16-13-23(14-20(16)22-7-9-25-10-8-22)21(24)19-12-18(19)17-6-4-5-15(2)11-17/h4-6,11,16,18-20H,3,7-10,12-14H2,1-2H3/t16-,18-,19-,20+/m1/s1. The van der Waals surface area contributed by atoms with Crippen molar-refractivity contribution in [3.8, 4) is 0 Å². The molecule has 0 bridgehead atoms. The first kappa shape index (κ1) is 17.0. The number of morpholine rings is 1. The highest BCUT2D eigenvalue weighted by Crippen LogP contribution is 2.49. The third-order valence-corrected chi connectivity index (χ3v) is 6.34. The number of likely N-dealkylation sites (tertiary alicyclic amines) is 1. The predicted octanol–water partition coefficient (Wildman–Crippen LogP) is 2.67. The van der Waals surface area contributed by atoms with Crippen molar-refractivity contribution in [1.82, 2.24) is 9.80 Å². The van der Waals surface area contributed by atoms with Gasteiger partial charge in [0.2, 0.25) is 5.91 Å². The Bertz CT molecular complexity index is 626. The van der Waals surface area contributed by atoms with Crippen molar-refractivity contribution in [3.05, 3.63) is 35.4 Å². The second kappa shape index (κ2) is 7.08. The van der Waals surface area contributed by atoms with Gasteiger partial charge in [0.15, 0.2) is 0 Å². The summed E-state index contributed by atoms with van der Waals surface area (Å²) in [6.07, 6.45) is 2.18. The number of carbonyl (C=O) groups is 1. The van der Waals surface area contributed by atoms with Gasteiger partial charge in [-0.1, -0.05) is 43.2 Å². The average molecular weight is 342 g/mol. The monoisotopic (exact) mass is 342 g/mol. The summed E-state index contributed by atoms with van der Waals surface area (Å²) >= 11 is 0. The average Bonchev–Trinajstić information content (AvgIpc) is 3.33. The van der Waals surface area contributed by atoms with Gasteiger partial charge in [0.05, 0.1) is 13.2 Å². The van der Waals surface area contributed by atoms with E-state index >= 15 is 0 Å². The molecule has 25 heavy (non-hydrogen) atoms. The van der Waals surface area contributed by atoms with Gasteiger partial charge in [-0.25, -0.2) is 0 Å². The minimum atomic E-state index is 0.211. The maximum absolute atomic E-state index is 13.0. The van der Waals surface area contributed by atoms with Gasteiger partial charge in [0.25, 0.3) is 0 Å². The zero-order chi connectivity index (χ0) is 17.4. The number of ether oxygens (including phenoxy) is 1. The Kier molecular flexibility index (Phi) is 4.83. The van der Waals surface area contributed by atoms with Gasteiger partial charge in [0.1, 0.15) is 0 Å². The molecule has 1 aliphatic carbocycles. The normalized spacial score (nSPS) is 32.8. The molecule has 2 aliphatic heterocycles. The first-order valence-electron chi connectivity index (χ1n) is 9.84. The van der Waals surface area contributed by atoms with Gasteiger partial charge in [0, 0.05) is 38.1 Å². The van der Waals surface area contributed by atoms with Crippen molar-refractivity contribution in [1.29, 1.82) is 0 Å². The topological polar surface area (TPSA) is 32.8 Å². The molecule has 0 radical (unpaired) electrons. The quantitative estimate of drug-likeness (QED) is 0.843. The summed E-state index contributed by atoms with van der Waals surface area (Å²) < 4.78 is 5.50. The number of hydrogen-bond acceptors (Lipinski definition) is 3. The molecule has 1 aromatic carbocycles. The molecular weight excluding hydrogens is 312 g/mol. The number of amides is 1. The van der Waals surface area contributed by atoms with Crippen molar-refractivity contribution in [3.63, 3.8) is 0 Å². The van der Waals surface area contributed by atoms with E-state index in [4.69, 9.17) is 4.74 Å². The predicted molar refractivity (Wildman–Crippen MR) is 98.6 cm³/mol. The molecule has 2 heterocycles. The second-order valence-electron chi connectivity index (χ2n) is 7.99. The lowest BCUT2D eigenvalue weighted by Gasteiger charge is -2.34. The second-order valence-corrected chi connectivity index (χ2v) is 7.99. The lowest BCUT2D eigenvalue weighted by Crippen LogP contribution is -2.47. The number of benzene rings is 1. The van der Waals surface area contributed by atoms with Crippen molar-refractivity contribution in [2.75, 3.05) is 39.4 Å².